The van der Waals surface area contributed by atoms with E-state index in [2.05, 4.69) is 54.0 Å². The van der Waals surface area contributed by atoms with Gasteiger partial charge in [0.05, 0.1) is 32.8 Å². The first-order valence-electron chi connectivity index (χ1n) is 21.6. The second-order valence-corrected chi connectivity index (χ2v) is 25.1. The van der Waals surface area contributed by atoms with E-state index in [9.17, 15) is 48.4 Å². The summed E-state index contributed by atoms with van der Waals surface area (Å²) in [5.74, 6) is 10.1. The molecule has 2 atom stereocenters. The van der Waals surface area contributed by atoms with E-state index < -0.39 is 61.3 Å². The third kappa shape index (κ3) is 21.2. The first-order valence-corrected chi connectivity index (χ1v) is 29.0. The second kappa shape index (κ2) is 28.3. The Morgan fingerprint density at radius 1 is 0.638 bits per heavy atom. The van der Waals surface area contributed by atoms with Crippen molar-refractivity contribution < 1.29 is 85.8 Å². The number of methoxy groups -OCH3 is 1. The zero-order chi connectivity index (χ0) is 50.1. The van der Waals surface area contributed by atoms with Crippen molar-refractivity contribution in [2.24, 2.45) is 0 Å². The van der Waals surface area contributed by atoms with Crippen LogP contribution in [0.5, 0.6) is 0 Å². The molecule has 0 fully saturated rings. The van der Waals surface area contributed by atoms with Gasteiger partial charge in [0.1, 0.15) is 0 Å². The number of carboxylic acids is 1. The summed E-state index contributed by atoms with van der Waals surface area (Å²) in [5, 5.41) is 9.39. The molecule has 4 rings (SSSR count). The number of benzene rings is 2. The maximum atomic E-state index is 12.2. The number of carbonyl (C=O) groups is 2. The van der Waals surface area contributed by atoms with Crippen molar-refractivity contribution in [3.05, 3.63) is 82.9 Å². The number of carbonyl (C=O) groups excluding carboxylic acids is 1. The number of aliphatic carboxylic acids is 1. The van der Waals surface area contributed by atoms with Crippen LogP contribution in [0.1, 0.15) is 87.5 Å². The molecule has 0 spiro atoms. The predicted molar refractivity (Wildman–Crippen MR) is 262 cm³/mol. The first-order chi connectivity index (χ1) is 31.2. The maximum absolute atomic E-state index is 12.2. The Labute approximate surface area is 422 Å². The molecule has 22 heteroatoms. The van der Waals surface area contributed by atoms with Crippen LogP contribution in [0, 0.1) is 23.7 Å². The van der Waals surface area contributed by atoms with Crippen molar-refractivity contribution >= 4 is 63.0 Å². The fourth-order valence-corrected chi connectivity index (χ4v) is 9.28. The topological polar surface area (TPSA) is 255 Å². The number of ether oxygens (including phenoxy) is 1. The Morgan fingerprint density at radius 3 is 1.29 bits per heavy atom. The number of hydrogen-bond acceptors (Lipinski definition) is 16. The van der Waals surface area contributed by atoms with Gasteiger partial charge in [-0.25, -0.2) is 16.8 Å². The number of esters is 1. The molecule has 0 aliphatic carbocycles. The van der Waals surface area contributed by atoms with Gasteiger partial charge in [-0.15, -0.1) is 0 Å². The smallest absolute Gasteiger partial charge is 0.870 e. The summed E-state index contributed by atoms with van der Waals surface area (Å²) in [7, 11) is -12.9. The van der Waals surface area contributed by atoms with E-state index in [1.54, 1.807) is 0 Å². The number of nitrogens with zero attached hydrogens (tertiary/aromatic N) is 2. The first kappa shape index (κ1) is 63.2. The molecule has 17 nitrogen and oxygen atoms in total. The summed E-state index contributed by atoms with van der Waals surface area (Å²) in [5.41, 5.74) is 6.36. The van der Waals surface area contributed by atoms with Gasteiger partial charge in [-0.3, -0.25) is 27.8 Å². The molecule has 2 heterocycles. The Bertz CT molecular complexity index is 2690. The van der Waals surface area contributed by atoms with Gasteiger partial charge in [-0.1, -0.05) is 60.1 Å². The summed E-state index contributed by atoms with van der Waals surface area (Å²) in [6, 6.07) is 15.8. The van der Waals surface area contributed by atoms with Crippen molar-refractivity contribution in [2.45, 2.75) is 74.7 Å². The number of carboxylic acid groups (broad SMARTS) is 1. The SMILES string of the molecule is CC(CCN1CC=C(c2ccc(C#CCCCOS(C)(=O)=O)cc2)CC1)(C(=O)O)S(C)(=O)=O.COC(=O)C(C)(CCN1CC=C(c2ccc(C#CCCCOS(C)(=O)=O)cc2)CC1)S(C)(=O)=O.[Li+].[OH-]. The van der Waals surface area contributed by atoms with E-state index in [-0.39, 0.29) is 50.4 Å². The number of hydrogen-bond donors (Lipinski definition) is 1. The van der Waals surface area contributed by atoms with Crippen LogP contribution >= 0.6 is 0 Å². The van der Waals surface area contributed by atoms with E-state index in [4.69, 9.17) is 4.74 Å². The third-order valence-corrected chi connectivity index (χ3v) is 16.8. The molecular weight excluding hydrogens is 968 g/mol. The normalized spacial score (nSPS) is 16.3. The zero-order valence-electron chi connectivity index (χ0n) is 40.8. The van der Waals surface area contributed by atoms with E-state index in [1.165, 1.54) is 32.1 Å². The monoisotopic (exact) mass is 1030 g/mol. The third-order valence-electron chi connectivity index (χ3n) is 11.6. The average Bonchev–Trinajstić information content (AvgIpc) is 3.26. The Kier molecular flexibility index (Phi) is 25.9. The zero-order valence-corrected chi connectivity index (χ0v) is 44.1. The van der Waals surface area contributed by atoms with Crippen molar-refractivity contribution in [1.29, 1.82) is 0 Å². The van der Waals surface area contributed by atoms with Gasteiger partial charge < -0.3 is 15.3 Å². The summed E-state index contributed by atoms with van der Waals surface area (Å²) >= 11 is 0. The molecule has 2 unspecified atom stereocenters. The fraction of sp³-hybridized carbons (Fsp3) is 0.532. The Morgan fingerprint density at radius 2 is 1.00 bits per heavy atom. The number of sulfone groups is 2. The molecule has 2 aromatic rings. The summed E-state index contributed by atoms with van der Waals surface area (Å²) in [4.78, 5) is 27.8. The van der Waals surface area contributed by atoms with Gasteiger partial charge in [0.25, 0.3) is 20.2 Å². The number of unbranched alkanes of at least 4 members (excludes halogenated alkanes) is 2. The van der Waals surface area contributed by atoms with Crippen LogP contribution in [0.15, 0.2) is 60.7 Å². The molecular formula is C47H65LiN2O15S4. The minimum absolute atomic E-state index is 0. The van der Waals surface area contributed by atoms with Gasteiger partial charge >= 0.3 is 30.8 Å². The van der Waals surface area contributed by atoms with E-state index >= 15 is 0 Å². The summed E-state index contributed by atoms with van der Waals surface area (Å²) in [6.45, 7) is 6.62. The van der Waals surface area contributed by atoms with Crippen LogP contribution in [0.4, 0.5) is 0 Å². The summed E-state index contributed by atoms with van der Waals surface area (Å²) < 4.78 is 103. The van der Waals surface area contributed by atoms with Crippen LogP contribution in [0.25, 0.3) is 11.1 Å². The number of rotatable bonds is 20. The molecule has 0 aromatic heterocycles. The Hall–Kier alpha value is -3.82. The average molecular weight is 1030 g/mol. The van der Waals surface area contributed by atoms with Crippen molar-refractivity contribution in [3.8, 4) is 23.7 Å². The molecule has 2 aliphatic rings. The fourth-order valence-electron chi connectivity index (χ4n) is 6.81. The van der Waals surface area contributed by atoms with Crippen molar-refractivity contribution in [3.63, 3.8) is 0 Å². The van der Waals surface area contributed by atoms with Crippen LogP contribution in [0.2, 0.25) is 0 Å². The molecule has 0 saturated heterocycles. The molecule has 2 aromatic carbocycles. The minimum Gasteiger partial charge on any atom is -0.870 e. The molecule has 0 amide bonds. The molecule has 0 bridgehead atoms. The van der Waals surface area contributed by atoms with E-state index in [0.717, 1.165) is 73.2 Å². The maximum Gasteiger partial charge on any atom is 1.00 e. The molecule has 69 heavy (non-hydrogen) atoms. The molecule has 2 N–H and O–H groups in total. The van der Waals surface area contributed by atoms with E-state index in [0.29, 0.717) is 51.9 Å². The van der Waals surface area contributed by atoms with Gasteiger partial charge in [0.15, 0.2) is 29.2 Å². The standard InChI is InChI=1S/C24H33NO7S2.C23H31NO7S2.Li.H2O/c1-24(23(26)31-2,33(3,27)28)15-18-25-16-13-22(14-17-25)21-11-9-20(10-12-21)8-6-5-7-19-32-34(4,29)30;1-23(22(25)26,32(2,27)28)14-17-24-15-12-21(13-16-24)20-10-8-19(9-11-20)7-5-4-6-18-31-33(3,29)30;;/h9-13H,5,7,14-19H2,1-4H3;8-12H,4,6,13-18H2,1-3H3,(H,25,26);;1H2/q;;+1;/p-1. The van der Waals surface area contributed by atoms with Gasteiger partial charge in [0.2, 0.25) is 0 Å². The molecule has 378 valence electrons. The van der Waals surface area contributed by atoms with Crippen LogP contribution < -0.4 is 18.9 Å². The molecule has 0 saturated carbocycles. The summed E-state index contributed by atoms with van der Waals surface area (Å²) in [6.07, 6.45) is 12.3. The largest absolute Gasteiger partial charge is 1.00 e. The Balaban J connectivity index is 0.000000671. The van der Waals surface area contributed by atoms with Crippen LogP contribution in [0.3, 0.4) is 0 Å². The minimum atomic E-state index is -3.72. The predicted octanol–water partition coefficient (Wildman–Crippen LogP) is 1.24. The second-order valence-electron chi connectivity index (χ2n) is 16.9. The van der Waals surface area contributed by atoms with Gasteiger partial charge in [-0.05, 0) is 98.9 Å². The van der Waals surface area contributed by atoms with Crippen LogP contribution in [-0.2, 0) is 62.6 Å². The van der Waals surface area contributed by atoms with Gasteiger partial charge in [0, 0.05) is 75.7 Å². The molecule has 2 aliphatic heterocycles. The quantitative estimate of drug-likeness (QED) is 0.0644. The van der Waals surface area contributed by atoms with Crippen molar-refractivity contribution in [1.82, 2.24) is 9.80 Å². The van der Waals surface area contributed by atoms with Gasteiger partial charge in [-0.2, -0.15) is 16.8 Å². The molecule has 0 radical (unpaired) electrons. The van der Waals surface area contributed by atoms with Crippen molar-refractivity contribution in [2.75, 3.05) is 84.6 Å². The van der Waals surface area contributed by atoms with E-state index in [1.807, 2.05) is 48.5 Å². The van der Waals surface area contributed by atoms with Crippen LogP contribution in [-0.4, -0.2) is 160 Å².